The average Bonchev–Trinajstić information content (AvgIpc) is 2.91. The number of rotatable bonds is 11. The van der Waals surface area contributed by atoms with Crippen LogP contribution in [0.5, 0.6) is 5.75 Å². The summed E-state index contributed by atoms with van der Waals surface area (Å²) in [6.07, 6.45) is 0. The summed E-state index contributed by atoms with van der Waals surface area (Å²) in [6.45, 7) is 3.35. The molecule has 0 unspecified atom stereocenters. The molecule has 0 saturated heterocycles. The van der Waals surface area contributed by atoms with Crippen molar-refractivity contribution < 1.29 is 22.7 Å². The molecule has 0 aromatic heterocycles. The summed E-state index contributed by atoms with van der Waals surface area (Å²) in [4.78, 5) is 27.9. The third-order valence-electron chi connectivity index (χ3n) is 5.73. The van der Waals surface area contributed by atoms with Gasteiger partial charge in [-0.3, -0.25) is 13.9 Å². The van der Waals surface area contributed by atoms with Gasteiger partial charge in [-0.25, -0.2) is 8.42 Å². The lowest BCUT2D eigenvalue weighted by Crippen LogP contribution is -2.51. The lowest BCUT2D eigenvalue weighted by Gasteiger charge is -2.32. The van der Waals surface area contributed by atoms with Gasteiger partial charge in [0.1, 0.15) is 18.3 Å². The molecule has 8 nitrogen and oxygen atoms in total. The molecular weight excluding hydrogens is 514 g/mol. The number of methoxy groups -OCH3 is 1. The second-order valence-corrected chi connectivity index (χ2v) is 10.5. The summed E-state index contributed by atoms with van der Waals surface area (Å²) in [5, 5.41) is 3.16. The van der Waals surface area contributed by atoms with Crippen molar-refractivity contribution in [3.8, 4) is 5.75 Å². The molecule has 196 valence electrons. The minimum absolute atomic E-state index is 0.0360. The smallest absolute Gasteiger partial charge is 0.264 e. The SMILES string of the molecule is CCNC(=O)[C@H](C)N(Cc1cccc(OC)c1)C(=O)CN(c1ccc(Cl)cc1)S(=O)(=O)c1ccccc1. The molecule has 3 rings (SSSR count). The van der Waals surface area contributed by atoms with E-state index in [1.54, 1.807) is 62.4 Å². The molecule has 0 fully saturated rings. The molecule has 1 atom stereocenters. The standard InChI is InChI=1S/C27H30ClN3O5S/c1-4-29-27(33)20(2)30(18-21-9-8-10-24(17-21)36-3)26(32)19-31(23-15-13-22(28)14-16-23)37(34,35)25-11-6-5-7-12-25/h5-17,20H,4,18-19H2,1-3H3,(H,29,33)/t20-/m0/s1. The summed E-state index contributed by atoms with van der Waals surface area (Å²) in [6, 6.07) is 20.3. The Hall–Kier alpha value is -3.56. The van der Waals surface area contributed by atoms with Crippen molar-refractivity contribution in [2.45, 2.75) is 31.3 Å². The molecule has 0 heterocycles. The van der Waals surface area contributed by atoms with Crippen LogP contribution in [0.1, 0.15) is 19.4 Å². The minimum Gasteiger partial charge on any atom is -0.497 e. The Kier molecular flexibility index (Phi) is 9.54. The molecule has 0 saturated carbocycles. The Morgan fingerprint density at radius 1 is 1.00 bits per heavy atom. The predicted molar refractivity (Wildman–Crippen MR) is 144 cm³/mol. The fourth-order valence-corrected chi connectivity index (χ4v) is 5.29. The number of sulfonamides is 1. The van der Waals surface area contributed by atoms with Crippen molar-refractivity contribution in [1.29, 1.82) is 0 Å². The number of carbonyl (C=O) groups is 2. The Morgan fingerprint density at radius 2 is 1.68 bits per heavy atom. The zero-order valence-corrected chi connectivity index (χ0v) is 22.5. The first-order valence-electron chi connectivity index (χ1n) is 11.7. The summed E-state index contributed by atoms with van der Waals surface area (Å²) in [7, 11) is -2.57. The molecule has 3 aromatic rings. The zero-order chi connectivity index (χ0) is 27.0. The van der Waals surface area contributed by atoms with Gasteiger partial charge in [0.15, 0.2) is 0 Å². The molecule has 0 aliphatic heterocycles. The third kappa shape index (κ3) is 7.02. The topological polar surface area (TPSA) is 96.0 Å². The third-order valence-corrected chi connectivity index (χ3v) is 7.77. The van der Waals surface area contributed by atoms with Gasteiger partial charge in [0, 0.05) is 18.1 Å². The number of ether oxygens (including phenoxy) is 1. The van der Waals surface area contributed by atoms with Crippen LogP contribution in [0.3, 0.4) is 0 Å². The first-order valence-corrected chi connectivity index (χ1v) is 13.5. The van der Waals surface area contributed by atoms with E-state index in [1.807, 2.05) is 6.07 Å². The fraction of sp³-hybridized carbons (Fsp3) is 0.259. The Morgan fingerprint density at radius 3 is 2.30 bits per heavy atom. The Balaban J connectivity index is 2.01. The van der Waals surface area contributed by atoms with Gasteiger partial charge in [0.25, 0.3) is 10.0 Å². The second-order valence-electron chi connectivity index (χ2n) is 8.24. The van der Waals surface area contributed by atoms with Gasteiger partial charge >= 0.3 is 0 Å². The highest BCUT2D eigenvalue weighted by Gasteiger charge is 2.32. The average molecular weight is 544 g/mol. The highest BCUT2D eigenvalue weighted by atomic mass is 35.5. The van der Waals surface area contributed by atoms with Crippen molar-refractivity contribution in [3.63, 3.8) is 0 Å². The Labute approximate surface area is 222 Å². The van der Waals surface area contributed by atoms with Crippen LogP contribution in [0, 0.1) is 0 Å². The van der Waals surface area contributed by atoms with Crippen molar-refractivity contribution >= 4 is 39.1 Å². The minimum atomic E-state index is -4.11. The first kappa shape index (κ1) is 28.0. The number of hydrogen-bond acceptors (Lipinski definition) is 5. The van der Waals surface area contributed by atoms with Crippen LogP contribution in [0.4, 0.5) is 5.69 Å². The van der Waals surface area contributed by atoms with E-state index in [1.165, 1.54) is 36.3 Å². The Bertz CT molecular complexity index is 1320. The first-order chi connectivity index (χ1) is 17.7. The van der Waals surface area contributed by atoms with E-state index in [-0.39, 0.29) is 23.0 Å². The normalized spacial score (nSPS) is 11.9. The number of carbonyl (C=O) groups excluding carboxylic acids is 2. The van der Waals surface area contributed by atoms with Gasteiger partial charge in [0.05, 0.1) is 17.7 Å². The molecule has 0 aliphatic rings. The van der Waals surface area contributed by atoms with Crippen LogP contribution < -0.4 is 14.4 Å². The van der Waals surface area contributed by atoms with Gasteiger partial charge < -0.3 is 15.0 Å². The van der Waals surface area contributed by atoms with Gasteiger partial charge in [-0.05, 0) is 67.9 Å². The van der Waals surface area contributed by atoms with E-state index in [0.717, 1.165) is 9.87 Å². The highest BCUT2D eigenvalue weighted by molar-refractivity contribution is 7.92. The quantitative estimate of drug-likeness (QED) is 0.393. The van der Waals surface area contributed by atoms with E-state index in [0.29, 0.717) is 17.3 Å². The van der Waals surface area contributed by atoms with Gasteiger partial charge in [-0.2, -0.15) is 0 Å². The largest absolute Gasteiger partial charge is 0.497 e. The summed E-state index contributed by atoms with van der Waals surface area (Å²) >= 11 is 6.03. The molecule has 3 aromatic carbocycles. The second kappa shape index (κ2) is 12.6. The summed E-state index contributed by atoms with van der Waals surface area (Å²) in [5.74, 6) is -0.288. The maximum Gasteiger partial charge on any atom is 0.264 e. The number of amides is 2. The van der Waals surface area contributed by atoms with E-state index in [2.05, 4.69) is 5.32 Å². The van der Waals surface area contributed by atoms with Crippen LogP contribution in [0.25, 0.3) is 0 Å². The molecule has 10 heteroatoms. The van der Waals surface area contributed by atoms with Crippen LogP contribution in [0.15, 0.2) is 83.8 Å². The number of nitrogens with one attached hydrogen (secondary N) is 1. The van der Waals surface area contributed by atoms with Gasteiger partial charge in [0.2, 0.25) is 11.8 Å². The van der Waals surface area contributed by atoms with E-state index in [9.17, 15) is 18.0 Å². The molecule has 2 amide bonds. The number of benzene rings is 3. The molecule has 0 bridgehead atoms. The van der Waals surface area contributed by atoms with Crippen LogP contribution in [0.2, 0.25) is 5.02 Å². The molecule has 1 N–H and O–H groups in total. The lowest BCUT2D eigenvalue weighted by molar-refractivity contribution is -0.139. The van der Waals surface area contributed by atoms with Crippen LogP contribution in [-0.4, -0.2) is 51.4 Å². The fourth-order valence-electron chi connectivity index (χ4n) is 3.73. The van der Waals surface area contributed by atoms with E-state index >= 15 is 0 Å². The van der Waals surface area contributed by atoms with Gasteiger partial charge in [-0.15, -0.1) is 0 Å². The molecule has 37 heavy (non-hydrogen) atoms. The number of halogens is 1. The summed E-state index contributed by atoms with van der Waals surface area (Å²) < 4.78 is 33.6. The van der Waals surface area contributed by atoms with E-state index < -0.39 is 28.5 Å². The molecule has 0 spiro atoms. The van der Waals surface area contributed by atoms with Gasteiger partial charge in [-0.1, -0.05) is 41.9 Å². The van der Waals surface area contributed by atoms with Crippen LogP contribution in [-0.2, 0) is 26.2 Å². The van der Waals surface area contributed by atoms with Crippen molar-refractivity contribution in [2.75, 3.05) is 24.5 Å². The number of hydrogen-bond donors (Lipinski definition) is 1. The number of anilines is 1. The molecule has 0 aliphatic carbocycles. The molecule has 0 radical (unpaired) electrons. The van der Waals surface area contributed by atoms with E-state index in [4.69, 9.17) is 16.3 Å². The maximum atomic E-state index is 13.8. The number of likely N-dealkylation sites (N-methyl/N-ethyl adjacent to an activating group) is 1. The highest BCUT2D eigenvalue weighted by Crippen LogP contribution is 2.26. The van der Waals surface area contributed by atoms with Crippen molar-refractivity contribution in [1.82, 2.24) is 10.2 Å². The zero-order valence-electron chi connectivity index (χ0n) is 20.9. The van der Waals surface area contributed by atoms with Crippen molar-refractivity contribution in [2.24, 2.45) is 0 Å². The number of nitrogens with zero attached hydrogens (tertiary/aromatic N) is 2. The summed E-state index contributed by atoms with van der Waals surface area (Å²) in [5.41, 5.74) is 1.00. The monoisotopic (exact) mass is 543 g/mol. The predicted octanol–water partition coefficient (Wildman–Crippen LogP) is 4.10. The molecular formula is C27H30ClN3O5S. The lowest BCUT2D eigenvalue weighted by atomic mass is 10.1. The van der Waals surface area contributed by atoms with Crippen LogP contribution >= 0.6 is 11.6 Å². The maximum absolute atomic E-state index is 13.8. The van der Waals surface area contributed by atoms with Crippen molar-refractivity contribution in [3.05, 3.63) is 89.4 Å².